The minimum atomic E-state index is 0.637. The van der Waals surface area contributed by atoms with Crippen LogP contribution in [0, 0.1) is 0 Å². The van der Waals surface area contributed by atoms with Crippen LogP contribution in [0.3, 0.4) is 0 Å². The molecule has 0 amide bonds. The van der Waals surface area contributed by atoms with Crippen LogP contribution in [0.15, 0.2) is 35.8 Å². The molecule has 20 heavy (non-hydrogen) atoms. The molecule has 0 aromatic heterocycles. The van der Waals surface area contributed by atoms with Crippen molar-refractivity contribution in [3.8, 4) is 0 Å². The lowest BCUT2D eigenvalue weighted by molar-refractivity contribution is 0.200. The van der Waals surface area contributed by atoms with Crippen LogP contribution in [0.2, 0.25) is 0 Å². The molecule has 0 spiro atoms. The predicted molar refractivity (Wildman–Crippen MR) is 82.4 cm³/mol. The average Bonchev–Trinajstić information content (AvgIpc) is 3.26. The number of allylic oxidation sites excluding steroid dienone is 1. The van der Waals surface area contributed by atoms with Gasteiger partial charge in [-0.25, -0.2) is 0 Å². The Bertz CT molecular complexity index is 367. The molecule has 0 bridgehead atoms. The highest BCUT2D eigenvalue weighted by Gasteiger charge is 2.20. The van der Waals surface area contributed by atoms with Crippen molar-refractivity contribution in [2.24, 2.45) is 0 Å². The van der Waals surface area contributed by atoms with Gasteiger partial charge < -0.3 is 14.8 Å². The molecule has 1 N–H and O–H groups in total. The molecule has 0 aromatic rings. The van der Waals surface area contributed by atoms with E-state index in [1.807, 2.05) is 6.08 Å². The predicted octanol–water partition coefficient (Wildman–Crippen LogP) is 3.69. The van der Waals surface area contributed by atoms with Gasteiger partial charge in [-0.05, 0) is 43.1 Å². The van der Waals surface area contributed by atoms with Crippen molar-refractivity contribution in [1.82, 2.24) is 5.32 Å². The molecule has 1 fully saturated rings. The zero-order chi connectivity index (χ0) is 14.0. The summed E-state index contributed by atoms with van der Waals surface area (Å²) in [4.78, 5) is 0. The van der Waals surface area contributed by atoms with E-state index in [1.54, 1.807) is 6.26 Å². The molecule has 0 unspecified atom stereocenters. The summed E-state index contributed by atoms with van der Waals surface area (Å²) in [6.07, 6.45) is 15.2. The first-order chi connectivity index (χ1) is 9.88. The summed E-state index contributed by atoms with van der Waals surface area (Å²) < 4.78 is 11.3. The fraction of sp³-hybridized carbons (Fsp3) is 0.647. The van der Waals surface area contributed by atoms with Crippen LogP contribution in [0.25, 0.3) is 0 Å². The van der Waals surface area contributed by atoms with E-state index in [0.29, 0.717) is 6.61 Å². The van der Waals surface area contributed by atoms with Crippen molar-refractivity contribution in [3.05, 3.63) is 35.8 Å². The standard InChI is InChI=1S/C17H27NO2/c1-2-3-4-11-20-17-6-5-10-19-12-9-15(13-17)14-18-16-7-8-16/h5,9-10,13,16,18H,2-4,6-8,11-12,14H2,1H3/b10-5-,15-9+,17-13+. The van der Waals surface area contributed by atoms with Gasteiger partial charge in [0, 0.05) is 19.0 Å². The van der Waals surface area contributed by atoms with Crippen LogP contribution >= 0.6 is 0 Å². The Morgan fingerprint density at radius 3 is 3.05 bits per heavy atom. The number of hydrogen-bond donors (Lipinski definition) is 1. The lowest BCUT2D eigenvalue weighted by Crippen LogP contribution is -2.19. The molecule has 2 aliphatic rings. The summed E-state index contributed by atoms with van der Waals surface area (Å²) in [6, 6.07) is 0.727. The molecular weight excluding hydrogens is 250 g/mol. The van der Waals surface area contributed by atoms with Gasteiger partial charge in [-0.15, -0.1) is 0 Å². The highest BCUT2D eigenvalue weighted by molar-refractivity contribution is 5.25. The van der Waals surface area contributed by atoms with Crippen LogP contribution in [0.5, 0.6) is 0 Å². The topological polar surface area (TPSA) is 30.5 Å². The van der Waals surface area contributed by atoms with Crippen molar-refractivity contribution in [2.45, 2.75) is 51.5 Å². The monoisotopic (exact) mass is 277 g/mol. The largest absolute Gasteiger partial charge is 0.498 e. The normalized spacial score (nSPS) is 26.1. The quantitative estimate of drug-likeness (QED) is 0.686. The van der Waals surface area contributed by atoms with E-state index < -0.39 is 0 Å². The van der Waals surface area contributed by atoms with E-state index in [9.17, 15) is 0 Å². The second kappa shape index (κ2) is 8.85. The summed E-state index contributed by atoms with van der Waals surface area (Å²) >= 11 is 0. The maximum absolute atomic E-state index is 5.91. The first-order valence-corrected chi connectivity index (χ1v) is 7.91. The van der Waals surface area contributed by atoms with Gasteiger partial charge in [-0.1, -0.05) is 19.8 Å². The molecule has 0 saturated heterocycles. The second-order valence-corrected chi connectivity index (χ2v) is 5.51. The molecule has 0 aromatic carbocycles. The van der Waals surface area contributed by atoms with E-state index in [-0.39, 0.29) is 0 Å². The van der Waals surface area contributed by atoms with E-state index in [4.69, 9.17) is 9.47 Å². The van der Waals surface area contributed by atoms with Crippen LogP contribution < -0.4 is 5.32 Å². The molecule has 1 aliphatic carbocycles. The van der Waals surface area contributed by atoms with Crippen molar-refractivity contribution in [3.63, 3.8) is 0 Å². The molecule has 1 aliphatic heterocycles. The number of unbranched alkanes of at least 4 members (excludes halogenated alkanes) is 2. The van der Waals surface area contributed by atoms with E-state index in [2.05, 4.69) is 24.4 Å². The average molecular weight is 277 g/mol. The van der Waals surface area contributed by atoms with Gasteiger partial charge in [0.25, 0.3) is 0 Å². The van der Waals surface area contributed by atoms with E-state index in [1.165, 1.54) is 31.3 Å². The summed E-state index contributed by atoms with van der Waals surface area (Å²) in [5, 5.41) is 3.55. The molecule has 112 valence electrons. The summed E-state index contributed by atoms with van der Waals surface area (Å²) in [7, 11) is 0. The highest BCUT2D eigenvalue weighted by atomic mass is 16.5. The number of nitrogens with one attached hydrogen (secondary N) is 1. The lowest BCUT2D eigenvalue weighted by atomic mass is 10.2. The SMILES string of the molecule is CCCCCO/C1=C/C(CNC2CC2)=C\CO/C=C\C1. The maximum Gasteiger partial charge on any atom is 0.106 e. The van der Waals surface area contributed by atoms with Crippen LogP contribution in [0.4, 0.5) is 0 Å². The minimum Gasteiger partial charge on any atom is -0.498 e. The van der Waals surface area contributed by atoms with Crippen molar-refractivity contribution in [1.29, 1.82) is 0 Å². The molecule has 0 radical (unpaired) electrons. The summed E-state index contributed by atoms with van der Waals surface area (Å²) in [5.74, 6) is 1.05. The number of ether oxygens (including phenoxy) is 2. The van der Waals surface area contributed by atoms with Crippen LogP contribution in [-0.4, -0.2) is 25.8 Å². The van der Waals surface area contributed by atoms with Gasteiger partial charge in [0.05, 0.1) is 12.9 Å². The Kier molecular flexibility index (Phi) is 6.72. The summed E-state index contributed by atoms with van der Waals surface area (Å²) in [6.45, 7) is 4.58. The van der Waals surface area contributed by atoms with Gasteiger partial charge in [0.1, 0.15) is 12.4 Å². The summed E-state index contributed by atoms with van der Waals surface area (Å²) in [5.41, 5.74) is 1.27. The third-order valence-electron chi connectivity index (χ3n) is 3.51. The van der Waals surface area contributed by atoms with Gasteiger partial charge in [0.15, 0.2) is 0 Å². The zero-order valence-corrected chi connectivity index (χ0v) is 12.6. The Hall–Kier alpha value is -1.22. The van der Waals surface area contributed by atoms with Crippen molar-refractivity contribution in [2.75, 3.05) is 19.8 Å². The first-order valence-electron chi connectivity index (χ1n) is 7.91. The molecular formula is C17H27NO2. The highest BCUT2D eigenvalue weighted by Crippen LogP contribution is 2.19. The fourth-order valence-corrected chi connectivity index (χ4v) is 2.10. The number of rotatable bonds is 8. The van der Waals surface area contributed by atoms with E-state index >= 15 is 0 Å². The van der Waals surface area contributed by atoms with Gasteiger partial charge in [-0.3, -0.25) is 0 Å². The van der Waals surface area contributed by atoms with Gasteiger partial charge in [-0.2, -0.15) is 0 Å². The molecule has 0 atom stereocenters. The second-order valence-electron chi connectivity index (χ2n) is 5.51. The molecule has 1 saturated carbocycles. The van der Waals surface area contributed by atoms with Gasteiger partial charge in [0.2, 0.25) is 0 Å². The minimum absolute atomic E-state index is 0.637. The smallest absolute Gasteiger partial charge is 0.106 e. The van der Waals surface area contributed by atoms with Gasteiger partial charge >= 0.3 is 0 Å². The van der Waals surface area contributed by atoms with Crippen LogP contribution in [0.1, 0.15) is 45.4 Å². The Labute approximate surface area is 122 Å². The fourth-order valence-electron chi connectivity index (χ4n) is 2.10. The molecule has 1 heterocycles. The lowest BCUT2D eigenvalue weighted by Gasteiger charge is -2.10. The van der Waals surface area contributed by atoms with E-state index in [0.717, 1.165) is 37.8 Å². The molecule has 3 heteroatoms. The first kappa shape index (κ1) is 15.2. The van der Waals surface area contributed by atoms with Crippen molar-refractivity contribution >= 4 is 0 Å². The maximum atomic E-state index is 5.91. The van der Waals surface area contributed by atoms with Crippen molar-refractivity contribution < 1.29 is 9.47 Å². The third kappa shape index (κ3) is 6.29. The molecule has 2 rings (SSSR count). The third-order valence-corrected chi connectivity index (χ3v) is 3.51. The molecule has 3 nitrogen and oxygen atoms in total. The Morgan fingerprint density at radius 2 is 2.25 bits per heavy atom. The zero-order valence-electron chi connectivity index (χ0n) is 12.6. The Morgan fingerprint density at radius 1 is 1.35 bits per heavy atom. The number of hydrogen-bond acceptors (Lipinski definition) is 3. The van der Waals surface area contributed by atoms with Crippen LogP contribution in [-0.2, 0) is 9.47 Å². The Balaban J connectivity index is 1.86.